The molecule has 3 N–H and O–H groups in total. The summed E-state index contributed by atoms with van der Waals surface area (Å²) in [6, 6.07) is 0. The first-order chi connectivity index (χ1) is 6.20. The number of esters is 1. The first-order valence-corrected chi connectivity index (χ1v) is 3.90. The molecule has 0 aliphatic heterocycles. The summed E-state index contributed by atoms with van der Waals surface area (Å²) in [4.78, 5) is 25.9. The fourth-order valence-corrected chi connectivity index (χ4v) is 0.548. The Bertz CT molecular complexity index is 172. The van der Waals surface area contributed by atoms with Crippen molar-refractivity contribution >= 4 is 11.9 Å². The number of hydroxylamine groups is 1. The van der Waals surface area contributed by atoms with Crippen LogP contribution in [0.15, 0.2) is 0 Å². The van der Waals surface area contributed by atoms with Gasteiger partial charge in [-0.05, 0) is 0 Å². The summed E-state index contributed by atoms with van der Waals surface area (Å²) in [6.45, 7) is 0.772. The number of nitrogens with one attached hydrogen (secondary N) is 1. The van der Waals surface area contributed by atoms with Crippen LogP contribution in [0.25, 0.3) is 0 Å². The zero-order chi connectivity index (χ0) is 10.1. The third kappa shape index (κ3) is 7.23. The van der Waals surface area contributed by atoms with Gasteiger partial charge in [0.25, 0.3) is 0 Å². The molecule has 6 heteroatoms. The first kappa shape index (κ1) is 11.9. The molecular weight excluding hydrogens is 176 g/mol. The van der Waals surface area contributed by atoms with Gasteiger partial charge in [0.2, 0.25) is 0 Å². The second-order valence-electron chi connectivity index (χ2n) is 2.23. The molecule has 0 aliphatic rings. The number of methoxy groups -OCH3 is 1. The van der Waals surface area contributed by atoms with Crippen molar-refractivity contribution in [1.29, 1.82) is 0 Å². The van der Waals surface area contributed by atoms with Crippen LogP contribution in [0.1, 0.15) is 12.8 Å². The SMILES string of the molecule is COC(=O)CCC(=O)ONCCN. The third-order valence-corrected chi connectivity index (χ3v) is 1.19. The van der Waals surface area contributed by atoms with Crippen LogP contribution < -0.4 is 11.2 Å². The third-order valence-electron chi connectivity index (χ3n) is 1.19. The monoisotopic (exact) mass is 190 g/mol. The molecule has 13 heavy (non-hydrogen) atoms. The van der Waals surface area contributed by atoms with E-state index in [1.165, 1.54) is 7.11 Å². The number of rotatable bonds is 6. The van der Waals surface area contributed by atoms with E-state index in [9.17, 15) is 9.59 Å². The van der Waals surface area contributed by atoms with E-state index in [1.54, 1.807) is 0 Å². The highest BCUT2D eigenvalue weighted by Crippen LogP contribution is 1.93. The molecule has 0 saturated carbocycles. The second kappa shape index (κ2) is 7.51. The molecule has 0 aromatic carbocycles. The van der Waals surface area contributed by atoms with Crippen LogP contribution in [0.5, 0.6) is 0 Å². The van der Waals surface area contributed by atoms with Crippen molar-refractivity contribution < 1.29 is 19.2 Å². The summed E-state index contributed by atoms with van der Waals surface area (Å²) in [7, 11) is 1.26. The largest absolute Gasteiger partial charge is 0.469 e. The number of hydrogen-bond donors (Lipinski definition) is 2. The summed E-state index contributed by atoms with van der Waals surface area (Å²) >= 11 is 0. The van der Waals surface area contributed by atoms with Gasteiger partial charge in [0.15, 0.2) is 0 Å². The van der Waals surface area contributed by atoms with Crippen LogP contribution in [-0.2, 0) is 19.2 Å². The topological polar surface area (TPSA) is 90.7 Å². The normalized spacial score (nSPS) is 9.38. The quantitative estimate of drug-likeness (QED) is 0.315. The molecule has 0 saturated heterocycles. The Kier molecular flexibility index (Phi) is 6.85. The smallest absolute Gasteiger partial charge is 0.325 e. The maximum Gasteiger partial charge on any atom is 0.325 e. The van der Waals surface area contributed by atoms with E-state index in [0.29, 0.717) is 13.1 Å². The van der Waals surface area contributed by atoms with E-state index in [2.05, 4.69) is 15.1 Å². The molecule has 6 nitrogen and oxygen atoms in total. The predicted molar refractivity (Wildman–Crippen MR) is 44.4 cm³/mol. The van der Waals surface area contributed by atoms with E-state index in [0.717, 1.165) is 0 Å². The highest BCUT2D eigenvalue weighted by molar-refractivity contribution is 5.77. The standard InChI is InChI=1S/C7H14N2O4/c1-12-6(10)2-3-7(11)13-9-5-4-8/h9H,2-5,8H2,1H3. The van der Waals surface area contributed by atoms with E-state index in [1.807, 2.05) is 0 Å². The van der Waals surface area contributed by atoms with Crippen molar-refractivity contribution in [2.24, 2.45) is 5.73 Å². The average Bonchev–Trinajstić information content (AvgIpc) is 2.14. The molecule has 0 amide bonds. The first-order valence-electron chi connectivity index (χ1n) is 3.90. The molecule has 0 aromatic heterocycles. The van der Waals surface area contributed by atoms with Crippen molar-refractivity contribution in [3.8, 4) is 0 Å². The van der Waals surface area contributed by atoms with Gasteiger partial charge in [0.05, 0.1) is 20.0 Å². The van der Waals surface area contributed by atoms with Crippen molar-refractivity contribution in [2.75, 3.05) is 20.2 Å². The van der Waals surface area contributed by atoms with Crippen LogP contribution in [0.2, 0.25) is 0 Å². The molecule has 0 unspecified atom stereocenters. The van der Waals surface area contributed by atoms with Gasteiger partial charge in [0.1, 0.15) is 0 Å². The Labute approximate surface area is 76.3 Å². The lowest BCUT2D eigenvalue weighted by Crippen LogP contribution is -2.26. The highest BCUT2D eigenvalue weighted by atomic mass is 16.7. The Morgan fingerprint density at radius 2 is 1.92 bits per heavy atom. The van der Waals surface area contributed by atoms with E-state index >= 15 is 0 Å². The summed E-state index contributed by atoms with van der Waals surface area (Å²) in [5, 5.41) is 0. The minimum atomic E-state index is -0.501. The zero-order valence-electron chi connectivity index (χ0n) is 7.54. The van der Waals surface area contributed by atoms with Gasteiger partial charge in [-0.15, -0.1) is 0 Å². The van der Waals surface area contributed by atoms with Crippen molar-refractivity contribution in [1.82, 2.24) is 5.48 Å². The molecule has 0 rings (SSSR count). The van der Waals surface area contributed by atoms with Gasteiger partial charge >= 0.3 is 11.9 Å². The maximum atomic E-state index is 10.8. The van der Waals surface area contributed by atoms with E-state index < -0.39 is 11.9 Å². The highest BCUT2D eigenvalue weighted by Gasteiger charge is 2.07. The summed E-state index contributed by atoms with van der Waals surface area (Å²) < 4.78 is 4.34. The lowest BCUT2D eigenvalue weighted by molar-refractivity contribution is -0.154. The summed E-state index contributed by atoms with van der Waals surface area (Å²) in [5.74, 6) is -0.936. The molecule has 0 aromatic rings. The predicted octanol–water partition coefficient (Wildman–Crippen LogP) is -1.05. The van der Waals surface area contributed by atoms with Crippen LogP contribution in [0, 0.1) is 0 Å². The zero-order valence-corrected chi connectivity index (χ0v) is 7.54. The number of ether oxygens (including phenoxy) is 1. The van der Waals surface area contributed by atoms with Gasteiger partial charge in [-0.3, -0.25) is 9.59 Å². The lowest BCUT2D eigenvalue weighted by Gasteiger charge is -2.03. The molecule has 76 valence electrons. The Balaban J connectivity index is 3.35. The molecule has 0 aliphatic carbocycles. The van der Waals surface area contributed by atoms with Crippen molar-refractivity contribution in [2.45, 2.75) is 12.8 Å². The van der Waals surface area contributed by atoms with Gasteiger partial charge in [0, 0.05) is 13.1 Å². The Morgan fingerprint density at radius 1 is 1.31 bits per heavy atom. The molecule has 0 heterocycles. The number of nitrogens with two attached hydrogens (primary N) is 1. The lowest BCUT2D eigenvalue weighted by atomic mass is 10.3. The fourth-order valence-electron chi connectivity index (χ4n) is 0.548. The van der Waals surface area contributed by atoms with E-state index in [-0.39, 0.29) is 12.8 Å². The molecule has 0 radical (unpaired) electrons. The molecule has 0 bridgehead atoms. The molecular formula is C7H14N2O4. The molecule has 0 fully saturated rings. The number of carbonyl (C=O) groups excluding carboxylic acids is 2. The molecule has 0 atom stereocenters. The van der Waals surface area contributed by atoms with Crippen LogP contribution >= 0.6 is 0 Å². The average molecular weight is 190 g/mol. The van der Waals surface area contributed by atoms with Crippen LogP contribution in [0.4, 0.5) is 0 Å². The Morgan fingerprint density at radius 3 is 2.46 bits per heavy atom. The van der Waals surface area contributed by atoms with Gasteiger partial charge in [-0.1, -0.05) is 0 Å². The molecule has 0 spiro atoms. The minimum absolute atomic E-state index is 0.00421. The van der Waals surface area contributed by atoms with Crippen molar-refractivity contribution in [3.05, 3.63) is 0 Å². The van der Waals surface area contributed by atoms with Crippen LogP contribution in [-0.4, -0.2) is 32.1 Å². The fraction of sp³-hybridized carbons (Fsp3) is 0.714. The Hall–Kier alpha value is -1.14. The number of carbonyl (C=O) groups is 2. The maximum absolute atomic E-state index is 10.8. The van der Waals surface area contributed by atoms with Gasteiger partial charge in [-0.25, -0.2) is 0 Å². The van der Waals surface area contributed by atoms with Gasteiger partial charge < -0.3 is 15.3 Å². The van der Waals surface area contributed by atoms with E-state index in [4.69, 9.17) is 5.73 Å². The van der Waals surface area contributed by atoms with Crippen molar-refractivity contribution in [3.63, 3.8) is 0 Å². The summed E-state index contributed by atoms with van der Waals surface area (Å²) in [6.07, 6.45) is 0.0316. The van der Waals surface area contributed by atoms with Gasteiger partial charge in [-0.2, -0.15) is 5.48 Å². The second-order valence-corrected chi connectivity index (χ2v) is 2.23. The number of hydrogen-bond acceptors (Lipinski definition) is 6. The van der Waals surface area contributed by atoms with Crippen LogP contribution in [0.3, 0.4) is 0 Å². The minimum Gasteiger partial charge on any atom is -0.469 e. The summed E-state index contributed by atoms with van der Waals surface area (Å²) in [5.41, 5.74) is 7.48.